The molecule has 5 heteroatoms. The van der Waals surface area contributed by atoms with Gasteiger partial charge < -0.3 is 14.7 Å². The summed E-state index contributed by atoms with van der Waals surface area (Å²) in [7, 11) is 1.61. The molecule has 0 radical (unpaired) electrons. The van der Waals surface area contributed by atoms with E-state index < -0.39 is 0 Å². The van der Waals surface area contributed by atoms with Gasteiger partial charge in [0.05, 0.1) is 18.1 Å². The van der Waals surface area contributed by atoms with Crippen LogP contribution >= 0.6 is 0 Å². The van der Waals surface area contributed by atoms with Crippen molar-refractivity contribution in [3.63, 3.8) is 0 Å². The van der Waals surface area contributed by atoms with Crippen LogP contribution in [-0.2, 0) is 0 Å². The van der Waals surface area contributed by atoms with Crippen molar-refractivity contribution in [3.05, 3.63) is 24.3 Å². The van der Waals surface area contributed by atoms with Crippen molar-refractivity contribution in [3.8, 4) is 5.88 Å². The maximum atomic E-state index is 9.24. The highest BCUT2D eigenvalue weighted by atomic mass is 16.5. The van der Waals surface area contributed by atoms with Gasteiger partial charge in [0.25, 0.3) is 5.88 Å². The minimum absolute atomic E-state index is 0.222. The van der Waals surface area contributed by atoms with Crippen molar-refractivity contribution >= 4 is 16.9 Å². The SMILES string of the molecule is COc1nc2ccccc2nc1N1CC[C@@H](CO)C1. The highest BCUT2D eigenvalue weighted by Crippen LogP contribution is 2.30. The van der Waals surface area contributed by atoms with Gasteiger partial charge in [-0.05, 0) is 18.6 Å². The van der Waals surface area contributed by atoms with Gasteiger partial charge in [0, 0.05) is 25.6 Å². The number of hydrogen-bond acceptors (Lipinski definition) is 5. The van der Waals surface area contributed by atoms with Crippen LogP contribution in [0.5, 0.6) is 5.88 Å². The number of ether oxygens (including phenoxy) is 1. The molecule has 1 saturated heterocycles. The first-order valence-corrected chi connectivity index (χ1v) is 6.48. The molecule has 0 spiro atoms. The monoisotopic (exact) mass is 259 g/mol. The Labute approximate surface area is 111 Å². The standard InChI is InChI=1S/C14H17N3O2/c1-19-14-13(17-7-6-10(8-17)9-18)15-11-4-2-3-5-12(11)16-14/h2-5,10,18H,6-9H2,1H3/t10-/m1/s1. The van der Waals surface area contributed by atoms with Gasteiger partial charge in [-0.15, -0.1) is 0 Å². The summed E-state index contributed by atoms with van der Waals surface area (Å²) in [5.41, 5.74) is 1.70. The molecule has 0 saturated carbocycles. The van der Waals surface area contributed by atoms with E-state index in [1.165, 1.54) is 0 Å². The smallest absolute Gasteiger partial charge is 0.257 e. The van der Waals surface area contributed by atoms with Gasteiger partial charge in [0.1, 0.15) is 0 Å². The normalized spacial score (nSPS) is 19.1. The fourth-order valence-electron chi connectivity index (χ4n) is 2.49. The molecule has 2 heterocycles. The molecule has 1 aliphatic heterocycles. The Morgan fingerprint density at radius 1 is 1.32 bits per heavy atom. The molecule has 0 unspecified atom stereocenters. The maximum absolute atomic E-state index is 9.24. The van der Waals surface area contributed by atoms with Crippen LogP contribution in [0.2, 0.25) is 0 Å². The molecule has 5 nitrogen and oxygen atoms in total. The van der Waals surface area contributed by atoms with Crippen LogP contribution in [0.3, 0.4) is 0 Å². The highest BCUT2D eigenvalue weighted by Gasteiger charge is 2.26. The van der Waals surface area contributed by atoms with Crippen LogP contribution in [0.4, 0.5) is 5.82 Å². The lowest BCUT2D eigenvalue weighted by atomic mass is 10.1. The van der Waals surface area contributed by atoms with Crippen LogP contribution in [0.25, 0.3) is 11.0 Å². The minimum atomic E-state index is 0.222. The second kappa shape index (κ2) is 5.01. The Morgan fingerprint density at radius 3 is 2.68 bits per heavy atom. The zero-order valence-electron chi connectivity index (χ0n) is 10.9. The van der Waals surface area contributed by atoms with E-state index >= 15 is 0 Å². The van der Waals surface area contributed by atoms with E-state index in [9.17, 15) is 5.11 Å². The summed E-state index contributed by atoms with van der Waals surface area (Å²) in [6.45, 7) is 1.91. The van der Waals surface area contributed by atoms with Crippen LogP contribution < -0.4 is 9.64 Å². The molecule has 19 heavy (non-hydrogen) atoms. The Hall–Kier alpha value is -1.88. The summed E-state index contributed by atoms with van der Waals surface area (Å²) in [5, 5.41) is 9.24. The number of aliphatic hydroxyl groups is 1. The Morgan fingerprint density at radius 2 is 2.05 bits per heavy atom. The first-order chi connectivity index (χ1) is 9.31. The number of anilines is 1. The van der Waals surface area contributed by atoms with Crippen molar-refractivity contribution in [2.75, 3.05) is 31.7 Å². The van der Waals surface area contributed by atoms with Gasteiger partial charge in [-0.1, -0.05) is 12.1 Å². The molecule has 1 aromatic heterocycles. The number of nitrogens with zero attached hydrogens (tertiary/aromatic N) is 3. The molecular formula is C14H17N3O2. The number of rotatable bonds is 3. The number of benzene rings is 1. The van der Waals surface area contributed by atoms with Crippen molar-refractivity contribution in [1.82, 2.24) is 9.97 Å². The average Bonchev–Trinajstić information content (AvgIpc) is 2.94. The van der Waals surface area contributed by atoms with E-state index in [2.05, 4.69) is 14.9 Å². The minimum Gasteiger partial charge on any atom is -0.478 e. The maximum Gasteiger partial charge on any atom is 0.257 e. The van der Waals surface area contributed by atoms with Crippen molar-refractivity contribution in [2.24, 2.45) is 5.92 Å². The molecular weight excluding hydrogens is 242 g/mol. The lowest BCUT2D eigenvalue weighted by molar-refractivity contribution is 0.238. The van der Waals surface area contributed by atoms with Crippen LogP contribution in [0, 0.1) is 5.92 Å². The molecule has 1 aromatic carbocycles. The third kappa shape index (κ3) is 2.21. The van der Waals surface area contributed by atoms with E-state index in [1.807, 2.05) is 24.3 Å². The summed E-state index contributed by atoms with van der Waals surface area (Å²) < 4.78 is 5.36. The summed E-state index contributed by atoms with van der Waals surface area (Å²) in [6, 6.07) is 7.77. The lowest BCUT2D eigenvalue weighted by Crippen LogP contribution is -2.22. The molecule has 0 amide bonds. The van der Waals surface area contributed by atoms with Gasteiger partial charge in [0.2, 0.25) is 0 Å². The summed E-state index contributed by atoms with van der Waals surface area (Å²) >= 11 is 0. The van der Waals surface area contributed by atoms with Crippen molar-refractivity contribution < 1.29 is 9.84 Å². The van der Waals surface area contributed by atoms with Gasteiger partial charge in [-0.2, -0.15) is 0 Å². The molecule has 1 N–H and O–H groups in total. The van der Waals surface area contributed by atoms with Crippen molar-refractivity contribution in [1.29, 1.82) is 0 Å². The predicted octanol–water partition coefficient (Wildman–Crippen LogP) is 1.46. The number of hydrogen-bond donors (Lipinski definition) is 1. The lowest BCUT2D eigenvalue weighted by Gasteiger charge is -2.19. The quantitative estimate of drug-likeness (QED) is 0.904. The van der Waals surface area contributed by atoms with Gasteiger partial charge in [-0.25, -0.2) is 9.97 Å². The molecule has 3 rings (SSSR count). The van der Waals surface area contributed by atoms with E-state index in [0.717, 1.165) is 36.4 Å². The molecule has 100 valence electrons. The number of aliphatic hydroxyl groups excluding tert-OH is 1. The molecule has 0 aliphatic carbocycles. The number of para-hydroxylation sites is 2. The summed E-state index contributed by atoms with van der Waals surface area (Å²) in [4.78, 5) is 11.3. The summed E-state index contributed by atoms with van der Waals surface area (Å²) in [5.74, 6) is 1.65. The second-order valence-corrected chi connectivity index (χ2v) is 4.83. The first-order valence-electron chi connectivity index (χ1n) is 6.48. The number of methoxy groups -OCH3 is 1. The zero-order chi connectivity index (χ0) is 13.2. The third-order valence-corrected chi connectivity index (χ3v) is 3.56. The Balaban J connectivity index is 2.02. The third-order valence-electron chi connectivity index (χ3n) is 3.56. The van der Waals surface area contributed by atoms with E-state index in [4.69, 9.17) is 4.74 Å². The largest absolute Gasteiger partial charge is 0.478 e. The van der Waals surface area contributed by atoms with E-state index in [0.29, 0.717) is 11.8 Å². The first kappa shape index (κ1) is 12.2. The van der Waals surface area contributed by atoms with E-state index in [-0.39, 0.29) is 6.61 Å². The molecule has 1 fully saturated rings. The van der Waals surface area contributed by atoms with Crippen LogP contribution in [-0.4, -0.2) is 41.9 Å². The van der Waals surface area contributed by atoms with Crippen molar-refractivity contribution in [2.45, 2.75) is 6.42 Å². The Bertz CT molecular complexity index is 588. The van der Waals surface area contributed by atoms with Gasteiger partial charge in [0.15, 0.2) is 5.82 Å². The Kier molecular flexibility index (Phi) is 3.21. The van der Waals surface area contributed by atoms with E-state index in [1.54, 1.807) is 7.11 Å². The topological polar surface area (TPSA) is 58.5 Å². The molecule has 1 aliphatic rings. The second-order valence-electron chi connectivity index (χ2n) is 4.83. The van der Waals surface area contributed by atoms with Gasteiger partial charge >= 0.3 is 0 Å². The number of fused-ring (bicyclic) bond motifs is 1. The van der Waals surface area contributed by atoms with Crippen LogP contribution in [0.1, 0.15) is 6.42 Å². The highest BCUT2D eigenvalue weighted by molar-refractivity contribution is 5.77. The fraction of sp³-hybridized carbons (Fsp3) is 0.429. The van der Waals surface area contributed by atoms with Crippen LogP contribution in [0.15, 0.2) is 24.3 Å². The average molecular weight is 259 g/mol. The number of aromatic nitrogens is 2. The molecule has 2 aromatic rings. The zero-order valence-corrected chi connectivity index (χ0v) is 10.9. The summed E-state index contributed by atoms with van der Waals surface area (Å²) in [6.07, 6.45) is 0.980. The molecule has 1 atom stereocenters. The molecule has 0 bridgehead atoms. The fourth-order valence-corrected chi connectivity index (χ4v) is 2.49. The van der Waals surface area contributed by atoms with Gasteiger partial charge in [-0.3, -0.25) is 0 Å². The predicted molar refractivity (Wildman–Crippen MR) is 73.5 cm³/mol.